The summed E-state index contributed by atoms with van der Waals surface area (Å²) in [6.07, 6.45) is 6.28. The number of carboxylic acid groups (broad SMARTS) is 1. The fourth-order valence-corrected chi connectivity index (χ4v) is 7.37. The van der Waals surface area contributed by atoms with Crippen molar-refractivity contribution in [1.29, 1.82) is 0 Å². The number of carbonyl (C=O) groups is 2. The molecule has 3 atom stereocenters. The lowest BCUT2D eigenvalue weighted by molar-refractivity contribution is -0.155. The third-order valence-electron chi connectivity index (χ3n) is 9.44. The van der Waals surface area contributed by atoms with Crippen LogP contribution in [0.4, 0.5) is 5.69 Å². The number of aromatic nitrogens is 2. The maximum absolute atomic E-state index is 13.4. The number of benzene rings is 2. The largest absolute Gasteiger partial charge is 0.481 e. The first kappa shape index (κ1) is 23.1. The number of aliphatic carboxylic acids is 1. The first-order chi connectivity index (χ1) is 17.8. The molecule has 7 nitrogen and oxygen atoms in total. The van der Waals surface area contributed by atoms with Gasteiger partial charge in [-0.15, -0.1) is 0 Å². The molecule has 2 heterocycles. The van der Waals surface area contributed by atoms with E-state index in [2.05, 4.69) is 46.5 Å². The Kier molecular flexibility index (Phi) is 5.13. The van der Waals surface area contributed by atoms with Crippen molar-refractivity contribution in [3.8, 4) is 0 Å². The molecule has 1 amide bonds. The highest BCUT2D eigenvalue weighted by Gasteiger charge is 2.55. The summed E-state index contributed by atoms with van der Waals surface area (Å²) in [5.41, 5.74) is 3.81. The summed E-state index contributed by atoms with van der Waals surface area (Å²) in [4.78, 5) is 27.0. The van der Waals surface area contributed by atoms with Crippen LogP contribution in [0.25, 0.3) is 10.9 Å². The molecule has 3 aromatic rings. The van der Waals surface area contributed by atoms with Crippen LogP contribution in [0.3, 0.4) is 0 Å². The van der Waals surface area contributed by atoms with Crippen LogP contribution in [0.15, 0.2) is 42.6 Å². The number of carboxylic acids is 1. The Morgan fingerprint density at radius 2 is 1.78 bits per heavy atom. The molecule has 3 saturated carbocycles. The van der Waals surface area contributed by atoms with Crippen molar-refractivity contribution in [2.24, 2.45) is 23.2 Å². The molecule has 0 radical (unpaired) electrons. The third-order valence-corrected chi connectivity index (χ3v) is 9.77. The van der Waals surface area contributed by atoms with Gasteiger partial charge in [0.05, 0.1) is 34.3 Å². The number of hydrogen-bond donors (Lipinski definition) is 2. The van der Waals surface area contributed by atoms with Crippen molar-refractivity contribution in [3.63, 3.8) is 0 Å². The van der Waals surface area contributed by atoms with Gasteiger partial charge in [0, 0.05) is 30.2 Å². The second-order valence-electron chi connectivity index (χ2n) is 11.9. The van der Waals surface area contributed by atoms with E-state index in [1.807, 2.05) is 4.68 Å². The zero-order valence-corrected chi connectivity index (χ0v) is 21.6. The monoisotopic (exact) mass is 518 g/mol. The Bertz CT molecular complexity index is 1390. The van der Waals surface area contributed by atoms with Crippen LogP contribution in [0.1, 0.15) is 61.0 Å². The molecule has 8 heteroatoms. The van der Waals surface area contributed by atoms with Gasteiger partial charge in [0.25, 0.3) is 5.91 Å². The van der Waals surface area contributed by atoms with Gasteiger partial charge in [0.2, 0.25) is 0 Å². The number of amides is 1. The average Bonchev–Trinajstić information content (AvgIpc) is 3.23. The Labute approximate surface area is 220 Å². The smallest absolute Gasteiger partial charge is 0.306 e. The minimum absolute atomic E-state index is 0.0709. The van der Waals surface area contributed by atoms with Crippen LogP contribution in [-0.2, 0) is 4.79 Å². The molecule has 4 fully saturated rings. The van der Waals surface area contributed by atoms with E-state index < -0.39 is 5.97 Å². The molecule has 2 N–H and O–H groups in total. The zero-order valence-electron chi connectivity index (χ0n) is 20.9. The number of rotatable bonds is 6. The van der Waals surface area contributed by atoms with Crippen molar-refractivity contribution in [1.82, 2.24) is 15.1 Å². The van der Waals surface area contributed by atoms with Crippen molar-refractivity contribution < 1.29 is 14.7 Å². The first-order valence-electron chi connectivity index (χ1n) is 13.3. The molecular formula is C29H31ClN4O3. The standard InChI is InChI=1S/C29H31ClN4O3/c1-16(17-2-4-22(5-3-17)33-14-18-8-19(18)15-33)34-26-23(6-7-25(30)24(26)13-31-34)27(35)32-21-11-29(12-21)9-20(10-29)28(36)37/h2-7,13,16,18-21H,8-12,14-15H2,1H3,(H,32,35)(H,36,37)/t16-,18-,19+,20?,21?,29?/m1/s1. The van der Waals surface area contributed by atoms with Crippen molar-refractivity contribution in [2.75, 3.05) is 18.0 Å². The zero-order chi connectivity index (χ0) is 25.5. The van der Waals surface area contributed by atoms with E-state index in [1.165, 1.54) is 25.2 Å². The predicted octanol–water partition coefficient (Wildman–Crippen LogP) is 5.13. The van der Waals surface area contributed by atoms with Gasteiger partial charge in [-0.05, 0) is 86.1 Å². The van der Waals surface area contributed by atoms with E-state index in [9.17, 15) is 14.7 Å². The number of anilines is 1. The molecule has 0 bridgehead atoms. The van der Waals surface area contributed by atoms with E-state index in [1.54, 1.807) is 18.3 Å². The topological polar surface area (TPSA) is 87.5 Å². The van der Waals surface area contributed by atoms with E-state index in [0.29, 0.717) is 10.6 Å². The van der Waals surface area contributed by atoms with Gasteiger partial charge in [-0.2, -0.15) is 5.10 Å². The SMILES string of the molecule is C[C@H](c1ccc(N2C[C@H]3C[C@H]3C2)cc1)n1ncc2c(Cl)ccc(C(=O)NC3CC4(C3)CC(C(=O)O)C4)c21. The lowest BCUT2D eigenvalue weighted by Crippen LogP contribution is -2.57. The second-order valence-corrected chi connectivity index (χ2v) is 12.3. The van der Waals surface area contributed by atoms with Crippen molar-refractivity contribution in [3.05, 3.63) is 58.7 Å². The summed E-state index contributed by atoms with van der Waals surface area (Å²) in [6.45, 7) is 4.44. The van der Waals surface area contributed by atoms with Gasteiger partial charge in [-0.1, -0.05) is 23.7 Å². The lowest BCUT2D eigenvalue weighted by atomic mass is 9.50. The van der Waals surface area contributed by atoms with Crippen LogP contribution in [0, 0.1) is 23.2 Å². The molecule has 0 unspecified atom stereocenters. The molecule has 37 heavy (non-hydrogen) atoms. The molecule has 4 aliphatic rings. The van der Waals surface area contributed by atoms with E-state index in [4.69, 9.17) is 11.6 Å². The summed E-state index contributed by atoms with van der Waals surface area (Å²) in [6, 6.07) is 12.3. The van der Waals surface area contributed by atoms with Crippen LogP contribution >= 0.6 is 11.6 Å². The fourth-order valence-electron chi connectivity index (χ4n) is 7.17. The highest BCUT2D eigenvalue weighted by atomic mass is 35.5. The molecule has 192 valence electrons. The molecule has 1 spiro atoms. The third kappa shape index (κ3) is 3.81. The van der Waals surface area contributed by atoms with Crippen LogP contribution in [0.5, 0.6) is 0 Å². The number of nitrogens with zero attached hydrogens (tertiary/aromatic N) is 3. The molecule has 1 saturated heterocycles. The maximum atomic E-state index is 13.4. The van der Waals surface area contributed by atoms with E-state index >= 15 is 0 Å². The Balaban J connectivity index is 1.10. The number of nitrogens with one attached hydrogen (secondary N) is 1. The second kappa shape index (κ2) is 8.22. The number of carbonyl (C=O) groups excluding carboxylic acids is 1. The van der Waals surface area contributed by atoms with Gasteiger partial charge >= 0.3 is 5.97 Å². The predicted molar refractivity (Wildman–Crippen MR) is 142 cm³/mol. The number of piperidine rings is 1. The summed E-state index contributed by atoms with van der Waals surface area (Å²) < 4.78 is 1.90. The summed E-state index contributed by atoms with van der Waals surface area (Å²) in [5.74, 6) is 0.727. The van der Waals surface area contributed by atoms with Crippen molar-refractivity contribution >= 4 is 40.1 Å². The Morgan fingerprint density at radius 3 is 2.46 bits per heavy atom. The van der Waals surface area contributed by atoms with E-state index in [-0.39, 0.29) is 29.3 Å². The first-order valence-corrected chi connectivity index (χ1v) is 13.7. The molecule has 2 aromatic carbocycles. The molecule has 1 aromatic heterocycles. The summed E-state index contributed by atoms with van der Waals surface area (Å²) in [7, 11) is 0. The van der Waals surface area contributed by atoms with E-state index in [0.717, 1.165) is 54.0 Å². The number of halogens is 1. The minimum atomic E-state index is -0.703. The molecule has 7 rings (SSSR count). The summed E-state index contributed by atoms with van der Waals surface area (Å²) in [5, 5.41) is 18.4. The quantitative estimate of drug-likeness (QED) is 0.472. The minimum Gasteiger partial charge on any atom is -0.481 e. The van der Waals surface area contributed by atoms with Gasteiger partial charge in [-0.25, -0.2) is 0 Å². The Morgan fingerprint density at radius 1 is 1.08 bits per heavy atom. The maximum Gasteiger partial charge on any atom is 0.306 e. The lowest BCUT2D eigenvalue weighted by Gasteiger charge is -2.56. The number of fused-ring (bicyclic) bond motifs is 2. The van der Waals surface area contributed by atoms with Gasteiger partial charge < -0.3 is 15.3 Å². The Hall–Kier alpha value is -3.06. The average molecular weight is 519 g/mol. The van der Waals surface area contributed by atoms with Crippen LogP contribution in [0.2, 0.25) is 5.02 Å². The fraction of sp³-hybridized carbons (Fsp3) is 0.483. The number of hydrogen-bond acceptors (Lipinski definition) is 4. The normalized spacial score (nSPS) is 30.5. The van der Waals surface area contributed by atoms with Gasteiger partial charge in [-0.3, -0.25) is 14.3 Å². The molecular weight excluding hydrogens is 488 g/mol. The summed E-state index contributed by atoms with van der Waals surface area (Å²) >= 11 is 6.52. The van der Waals surface area contributed by atoms with Crippen molar-refractivity contribution in [2.45, 2.75) is 51.1 Å². The highest BCUT2D eigenvalue weighted by Crippen LogP contribution is 2.58. The van der Waals surface area contributed by atoms with Gasteiger partial charge in [0.1, 0.15) is 0 Å². The highest BCUT2D eigenvalue weighted by molar-refractivity contribution is 6.36. The molecule has 3 aliphatic carbocycles. The van der Waals surface area contributed by atoms with Crippen LogP contribution in [-0.4, -0.2) is 45.9 Å². The van der Waals surface area contributed by atoms with Crippen LogP contribution < -0.4 is 10.2 Å². The molecule has 1 aliphatic heterocycles. The van der Waals surface area contributed by atoms with Gasteiger partial charge in [0.15, 0.2) is 0 Å².